The van der Waals surface area contributed by atoms with E-state index in [-0.39, 0.29) is 23.4 Å². The van der Waals surface area contributed by atoms with Crippen molar-refractivity contribution in [1.29, 1.82) is 0 Å². The number of nitrogens with zero attached hydrogens (tertiary/aromatic N) is 2. The third-order valence-electron chi connectivity index (χ3n) is 6.63. The molecule has 1 aliphatic heterocycles. The van der Waals surface area contributed by atoms with Crippen molar-refractivity contribution in [2.75, 3.05) is 31.1 Å². The number of halogens is 3. The third-order valence-corrected chi connectivity index (χ3v) is 6.63. The maximum atomic E-state index is 14.3. The lowest BCUT2D eigenvalue weighted by Crippen LogP contribution is -2.44. The first-order valence-corrected chi connectivity index (χ1v) is 11.3. The number of benzene rings is 3. The van der Waals surface area contributed by atoms with Crippen molar-refractivity contribution >= 4 is 28.3 Å². The number of hydrogen-bond acceptors (Lipinski definition) is 4. The second-order valence-corrected chi connectivity index (χ2v) is 8.50. The fourth-order valence-electron chi connectivity index (χ4n) is 4.79. The highest BCUT2D eigenvalue weighted by molar-refractivity contribution is 6.12. The summed E-state index contributed by atoms with van der Waals surface area (Å²) in [7, 11) is 0. The van der Waals surface area contributed by atoms with Crippen LogP contribution in [0.3, 0.4) is 0 Å². The minimum Gasteiger partial charge on any atom is -0.372 e. The van der Waals surface area contributed by atoms with E-state index in [1.165, 1.54) is 6.07 Å². The molecule has 0 fully saturated rings. The van der Waals surface area contributed by atoms with Crippen LogP contribution in [0.5, 0.6) is 0 Å². The van der Waals surface area contributed by atoms with Gasteiger partial charge in [-0.2, -0.15) is 13.2 Å². The van der Waals surface area contributed by atoms with Gasteiger partial charge in [-0.15, -0.1) is 0 Å². The molecular weight excluding hydrogens is 459 g/mol. The minimum absolute atomic E-state index is 0.0279. The zero-order valence-corrected chi connectivity index (χ0v) is 19.4. The second kappa shape index (κ2) is 8.98. The van der Waals surface area contributed by atoms with Gasteiger partial charge in [0, 0.05) is 29.8 Å². The monoisotopic (exact) mass is 485 g/mol. The van der Waals surface area contributed by atoms with Gasteiger partial charge in [-0.25, -0.2) is 0 Å². The molecule has 6 nitrogen and oxygen atoms in total. The maximum Gasteiger partial charge on any atom is 0.416 e. The number of nitrogens with two attached hydrogens (primary N) is 1. The summed E-state index contributed by atoms with van der Waals surface area (Å²) in [5, 5.41) is 13.1. The highest BCUT2D eigenvalue weighted by Gasteiger charge is 2.56. The third kappa shape index (κ3) is 4.04. The van der Waals surface area contributed by atoms with Crippen LogP contribution in [0, 0.1) is 0 Å². The van der Waals surface area contributed by atoms with Crippen LogP contribution in [0.2, 0.25) is 0 Å². The molecule has 3 aromatic carbocycles. The minimum atomic E-state index is -4.96. The molecule has 35 heavy (non-hydrogen) atoms. The zero-order chi connectivity index (χ0) is 25.5. The van der Waals surface area contributed by atoms with Gasteiger partial charge < -0.3 is 20.6 Å². The van der Waals surface area contributed by atoms with Crippen LogP contribution in [0.4, 0.5) is 18.9 Å². The number of alkyl halides is 3. The first kappa shape index (κ1) is 24.7. The molecule has 0 aliphatic carbocycles. The van der Waals surface area contributed by atoms with Crippen LogP contribution >= 0.6 is 0 Å². The number of fused-ring (bicyclic) bond motifs is 2. The van der Waals surface area contributed by atoms with Crippen molar-refractivity contribution in [1.82, 2.24) is 4.90 Å². The van der Waals surface area contributed by atoms with E-state index in [0.29, 0.717) is 36.5 Å². The van der Waals surface area contributed by atoms with Crippen molar-refractivity contribution in [2.24, 2.45) is 5.73 Å². The molecule has 1 heterocycles. The van der Waals surface area contributed by atoms with Gasteiger partial charge in [-0.05, 0) is 36.0 Å². The molecule has 3 N–H and O–H groups in total. The molecule has 0 saturated heterocycles. The number of amides is 2. The molecule has 0 spiro atoms. The largest absolute Gasteiger partial charge is 0.416 e. The molecule has 9 heteroatoms. The van der Waals surface area contributed by atoms with Gasteiger partial charge in [0.2, 0.25) is 5.91 Å². The Morgan fingerprint density at radius 3 is 2.37 bits per heavy atom. The summed E-state index contributed by atoms with van der Waals surface area (Å²) >= 11 is 0. The molecule has 0 radical (unpaired) electrons. The SMILES string of the molecule is CCN(CC)CCN1C(=O)C(O)(c2cccc3ccccc23)c2c1cc(C(N)=O)cc2C(F)(F)F. The number of hydrogen-bond donors (Lipinski definition) is 2. The summed E-state index contributed by atoms with van der Waals surface area (Å²) in [5.74, 6) is -1.96. The van der Waals surface area contributed by atoms with E-state index in [2.05, 4.69) is 0 Å². The molecule has 3 aromatic rings. The number of carbonyl (C=O) groups is 2. The first-order valence-electron chi connectivity index (χ1n) is 11.3. The van der Waals surface area contributed by atoms with Crippen LogP contribution in [0.1, 0.15) is 40.9 Å². The second-order valence-electron chi connectivity index (χ2n) is 8.50. The van der Waals surface area contributed by atoms with Crippen molar-refractivity contribution in [2.45, 2.75) is 25.6 Å². The lowest BCUT2D eigenvalue weighted by Gasteiger charge is -2.27. The van der Waals surface area contributed by atoms with Crippen LogP contribution < -0.4 is 10.6 Å². The van der Waals surface area contributed by atoms with Gasteiger partial charge in [0.05, 0.1) is 11.3 Å². The van der Waals surface area contributed by atoms with E-state index in [0.717, 1.165) is 11.0 Å². The predicted octanol–water partition coefficient (Wildman–Crippen LogP) is 3.88. The van der Waals surface area contributed by atoms with Gasteiger partial charge in [0.25, 0.3) is 5.91 Å². The van der Waals surface area contributed by atoms with Crippen LogP contribution in [0.25, 0.3) is 10.8 Å². The Labute approximate surface area is 200 Å². The number of carbonyl (C=O) groups excluding carboxylic acids is 2. The molecule has 1 atom stereocenters. The molecule has 184 valence electrons. The Kier molecular flexibility index (Phi) is 6.33. The van der Waals surface area contributed by atoms with Gasteiger partial charge >= 0.3 is 6.18 Å². The zero-order valence-electron chi connectivity index (χ0n) is 19.4. The van der Waals surface area contributed by atoms with Crippen molar-refractivity contribution in [3.63, 3.8) is 0 Å². The van der Waals surface area contributed by atoms with Crippen LogP contribution in [-0.4, -0.2) is 48.0 Å². The number of rotatable bonds is 7. The fraction of sp³-hybridized carbons (Fsp3) is 0.308. The smallest absolute Gasteiger partial charge is 0.372 e. The summed E-state index contributed by atoms with van der Waals surface area (Å²) in [4.78, 5) is 28.9. The van der Waals surface area contributed by atoms with E-state index in [9.17, 15) is 27.9 Å². The van der Waals surface area contributed by atoms with Gasteiger partial charge in [0.15, 0.2) is 5.60 Å². The topological polar surface area (TPSA) is 86.9 Å². The van der Waals surface area contributed by atoms with Gasteiger partial charge in [-0.1, -0.05) is 56.3 Å². The molecule has 1 aliphatic rings. The number of aliphatic hydroxyl groups is 1. The Hall–Kier alpha value is -3.43. The molecule has 0 saturated carbocycles. The summed E-state index contributed by atoms with van der Waals surface area (Å²) < 4.78 is 43.0. The molecule has 0 bridgehead atoms. The average Bonchev–Trinajstić information content (AvgIpc) is 3.05. The Morgan fingerprint density at radius 1 is 1.09 bits per heavy atom. The average molecular weight is 486 g/mol. The first-order chi connectivity index (χ1) is 16.5. The fourth-order valence-corrected chi connectivity index (χ4v) is 4.79. The maximum absolute atomic E-state index is 14.3. The molecule has 0 aromatic heterocycles. The van der Waals surface area contributed by atoms with Gasteiger partial charge in [0.1, 0.15) is 0 Å². The van der Waals surface area contributed by atoms with Crippen molar-refractivity contribution in [3.05, 3.63) is 76.9 Å². The highest BCUT2D eigenvalue weighted by atomic mass is 19.4. The highest BCUT2D eigenvalue weighted by Crippen LogP contribution is 2.51. The molecule has 1 unspecified atom stereocenters. The summed E-state index contributed by atoms with van der Waals surface area (Å²) in [6, 6.07) is 13.4. The van der Waals surface area contributed by atoms with E-state index in [4.69, 9.17) is 5.73 Å². The quantitative estimate of drug-likeness (QED) is 0.532. The van der Waals surface area contributed by atoms with Crippen LogP contribution in [-0.2, 0) is 16.6 Å². The molecular formula is C26H26F3N3O3. The predicted molar refractivity (Wildman–Crippen MR) is 127 cm³/mol. The number of likely N-dealkylation sites (N-methyl/N-ethyl adjacent to an activating group) is 1. The lowest BCUT2D eigenvalue weighted by molar-refractivity contribution is -0.142. The van der Waals surface area contributed by atoms with E-state index in [1.807, 2.05) is 18.7 Å². The number of primary amides is 1. The Bertz CT molecular complexity index is 1300. The van der Waals surface area contributed by atoms with E-state index < -0.39 is 34.7 Å². The van der Waals surface area contributed by atoms with Gasteiger partial charge in [-0.3, -0.25) is 9.59 Å². The van der Waals surface area contributed by atoms with E-state index in [1.54, 1.807) is 36.4 Å². The van der Waals surface area contributed by atoms with E-state index >= 15 is 0 Å². The summed E-state index contributed by atoms with van der Waals surface area (Å²) in [5.41, 5.74) is 0.365. The molecule has 4 rings (SSSR count). The Morgan fingerprint density at radius 2 is 1.74 bits per heavy atom. The van der Waals surface area contributed by atoms with Crippen LogP contribution in [0.15, 0.2) is 54.6 Å². The molecule has 2 amide bonds. The van der Waals surface area contributed by atoms with Crippen molar-refractivity contribution < 1.29 is 27.9 Å². The number of anilines is 1. The Balaban J connectivity index is 2.03. The standard InChI is InChI=1S/C26H26F3N3O3/c1-3-31(4-2)12-13-32-21-15-17(23(30)33)14-20(26(27,28)29)22(21)25(35,24(32)34)19-11-7-9-16-8-5-6-10-18(16)19/h5-11,14-15,35H,3-4,12-13H2,1-2H3,(H2,30,33). The van der Waals surface area contributed by atoms with Crippen molar-refractivity contribution in [3.8, 4) is 0 Å². The normalized spacial score (nSPS) is 17.9. The summed E-state index contributed by atoms with van der Waals surface area (Å²) in [6.07, 6.45) is -4.96. The lowest BCUT2D eigenvalue weighted by atomic mass is 9.81. The summed E-state index contributed by atoms with van der Waals surface area (Å²) in [6.45, 7) is 5.61.